The molecule has 0 radical (unpaired) electrons. The van der Waals surface area contributed by atoms with Crippen molar-refractivity contribution in [3.8, 4) is 0 Å². The lowest BCUT2D eigenvalue weighted by Crippen LogP contribution is -2.56. The van der Waals surface area contributed by atoms with E-state index in [0.717, 1.165) is 132 Å². The topological polar surface area (TPSA) is 109 Å². The third-order valence-corrected chi connectivity index (χ3v) is 16.8. The van der Waals surface area contributed by atoms with Gasteiger partial charge in [0.05, 0.1) is 5.01 Å². The molecule has 3 heterocycles. The van der Waals surface area contributed by atoms with Gasteiger partial charge in [0.15, 0.2) is 0 Å². The first-order valence-electron chi connectivity index (χ1n) is 36.2. The Labute approximate surface area is 633 Å². The summed E-state index contributed by atoms with van der Waals surface area (Å²) in [6.45, 7) is 39.3. The summed E-state index contributed by atoms with van der Waals surface area (Å²) < 4.78 is 237. The first-order valence-corrected chi connectivity index (χ1v) is 38.0. The van der Waals surface area contributed by atoms with Crippen molar-refractivity contribution in [2.24, 2.45) is 35.5 Å². The zero-order chi connectivity index (χ0) is 84.5. The molecule has 1 aromatic heterocycles. The highest BCUT2D eigenvalue weighted by Crippen LogP contribution is 2.45. The standard InChI is InChI=1S/C13H25NO2.C12H23NO2.C10H14.C7H12O.C5H6F6O.C5H6F6.C5H10.C4H9Cl.C4H7F3.C4H5NS.C3H5F3.C2H3ClF2/c1-5-6-11-7-9-14(10-8-11)12(15)16-13(2,3)4;1-5-10-6-8-13(9-7-10)11(14)15-12(2,3)4;1-3-9(2)10-7-5-4-6-8-10;1-2-6-4-3-5-7(6)8;1-2-3(12,4(6,7)8)5(9,10)11;1-2-3(4(6,7)8)5(9,10)11;1-4-3-5(4)2;1-2-3-4-5;1-2-3-4(5,6)7;1-4-5-2-3-6-4;1-2-3(4,5)6;1-2(3,4)5/h11H,5-10H2,1-4H3;10H,5-9H2,1-4H3;4-9H,3H2,1-2H3;6H,2-5H2,1H3;12H,2H2,1H3;3H,2H2,1H3;4-5H,3H2,1-2H3;2-4H2,1H3;2-3H2,1H3;2-3H,1H3;2H2,1H3;1H3/t;;;;;;4-,5?;;;;;/m......1...../s1. The summed E-state index contributed by atoms with van der Waals surface area (Å²) in [6.07, 6.45) is -14.2. The van der Waals surface area contributed by atoms with Crippen LogP contribution < -0.4 is 0 Å². The maximum Gasteiger partial charge on any atom is 0.426 e. The molecule has 2 saturated heterocycles. The smallest absolute Gasteiger partial charge is 0.426 e. The summed E-state index contributed by atoms with van der Waals surface area (Å²) in [7, 11) is 0. The monoisotopic (exact) mass is 1630 g/mol. The maximum absolute atomic E-state index is 11.8. The SMILES string of the molecule is CC(F)(F)Cl.CC1C[C@H]1C.CCC(C(F)(F)F)C(F)(F)F.CCC(C)c1ccccc1.CCC(F)(F)F.CCC(O)(C(F)(F)F)C(F)(F)F.CCC1CCCC1=O.CCC1CCN(C(=O)OC(C)(C)C)CC1.CCCC(F)(F)F.CCCC1CCN(C(=O)OC(C)(C)C)CC1.CCCCCl.Cc1nccs1. The van der Waals surface area contributed by atoms with Crippen LogP contribution in [0, 0.1) is 42.4 Å². The van der Waals surface area contributed by atoms with Crippen LogP contribution in [0.3, 0.4) is 0 Å². The summed E-state index contributed by atoms with van der Waals surface area (Å²) in [5.74, 6) is 2.97. The number of carbonyl (C=O) groups excluding carboxylic acids is 3. The number of ketones is 1. The van der Waals surface area contributed by atoms with E-state index in [-0.39, 0.29) is 29.8 Å². The third-order valence-electron chi connectivity index (χ3n) is 15.8. The van der Waals surface area contributed by atoms with E-state index in [0.29, 0.717) is 31.5 Å². The summed E-state index contributed by atoms with van der Waals surface area (Å²) in [5.41, 5.74) is -3.89. The molecule has 2 aromatic rings. The van der Waals surface area contributed by atoms with Gasteiger partial charge in [0, 0.05) is 75.7 Å². The number of alkyl halides is 22. The summed E-state index contributed by atoms with van der Waals surface area (Å²) in [6, 6.07) is 10.6. The molecule has 1 N–H and O–H groups in total. The number of ether oxygens (including phenoxy) is 2. The molecule has 0 bridgehead atoms. The van der Waals surface area contributed by atoms with Crippen LogP contribution in [-0.2, 0) is 14.3 Å². The van der Waals surface area contributed by atoms with Gasteiger partial charge in [0.2, 0.25) is 0 Å². The second kappa shape index (κ2) is 56.4. The number of piperidine rings is 2. The minimum Gasteiger partial charge on any atom is -0.444 e. The Hall–Kier alpha value is -3.80. The largest absolute Gasteiger partial charge is 0.444 e. The average Bonchev–Trinajstić information content (AvgIpc) is 0.790. The maximum atomic E-state index is 11.8. The average molecular weight is 1640 g/mol. The van der Waals surface area contributed by atoms with Crippen LogP contribution >= 0.6 is 34.5 Å². The molecule has 4 atom stereocenters. The van der Waals surface area contributed by atoms with E-state index in [2.05, 4.69) is 102 Å². The Bertz CT molecular complexity index is 2400. The number of Topliss-reactive ketones (excluding diaryl/α,β-unsaturated/α-hetero) is 1. The van der Waals surface area contributed by atoms with E-state index in [9.17, 15) is 102 Å². The molecule has 2 aliphatic carbocycles. The van der Waals surface area contributed by atoms with Crippen molar-refractivity contribution in [3.05, 3.63) is 52.5 Å². The number of aromatic nitrogens is 1. The predicted octanol–water partition coefficient (Wildman–Crippen LogP) is 28.1. The number of unbranched alkanes of at least 4 members (excludes halogenated alkanes) is 1. The minimum atomic E-state index is -5.68. The van der Waals surface area contributed by atoms with E-state index < -0.39 is 79.6 Å². The number of aryl methyl sites for hydroxylation is 1. The number of likely N-dealkylation sites (tertiary alicyclic amines) is 2. The third kappa shape index (κ3) is 66.0. The highest BCUT2D eigenvalue weighted by Gasteiger charge is 2.69. The van der Waals surface area contributed by atoms with Gasteiger partial charge in [-0.25, -0.2) is 9.59 Å². The minimum absolute atomic E-state index is 0.151. The second-order valence-corrected chi connectivity index (χ2v) is 30.0. The number of nitrogens with zero attached hydrogens (tertiary/aromatic N) is 3. The van der Waals surface area contributed by atoms with E-state index in [1.807, 2.05) is 63.6 Å². The van der Waals surface area contributed by atoms with Gasteiger partial charge in [-0.2, -0.15) is 87.8 Å². The molecule has 2 saturated carbocycles. The summed E-state index contributed by atoms with van der Waals surface area (Å²) >= 11 is 11.2. The molecule has 4 fully saturated rings. The predicted molar refractivity (Wildman–Crippen MR) is 386 cm³/mol. The lowest BCUT2D eigenvalue weighted by Gasteiger charge is -2.33. The van der Waals surface area contributed by atoms with Crippen molar-refractivity contribution >= 4 is 52.5 Å². The van der Waals surface area contributed by atoms with Crippen molar-refractivity contribution in [1.29, 1.82) is 0 Å². The molecular weight excluding hydrogens is 1510 g/mol. The number of hydrogen-bond donors (Lipinski definition) is 1. The Balaban J connectivity index is -0.000000263. The van der Waals surface area contributed by atoms with Gasteiger partial charge >= 0.3 is 54.6 Å². The Morgan fingerprint density at radius 3 is 1.16 bits per heavy atom. The normalized spacial score (nSPS) is 17.4. The molecule has 2 aliphatic heterocycles. The number of thiazole rings is 1. The molecule has 9 nitrogen and oxygen atoms in total. The first kappa shape index (κ1) is 113. The van der Waals surface area contributed by atoms with Crippen molar-refractivity contribution in [3.63, 3.8) is 0 Å². The van der Waals surface area contributed by atoms with E-state index in [1.165, 1.54) is 51.0 Å². The molecule has 4 aliphatic rings. The molecular formula is C74H125Cl2F20N3O6S. The van der Waals surface area contributed by atoms with Gasteiger partial charge < -0.3 is 24.4 Å². The van der Waals surface area contributed by atoms with Crippen molar-refractivity contribution in [2.75, 3.05) is 32.1 Å². The van der Waals surface area contributed by atoms with Crippen molar-refractivity contribution in [1.82, 2.24) is 14.8 Å². The number of amides is 2. The molecule has 1 aromatic carbocycles. The van der Waals surface area contributed by atoms with Gasteiger partial charge in [-0.3, -0.25) is 9.78 Å². The van der Waals surface area contributed by atoms with Crippen LogP contribution in [0.5, 0.6) is 0 Å². The Morgan fingerprint density at radius 2 is 1.00 bits per heavy atom. The van der Waals surface area contributed by atoms with Gasteiger partial charge in [-0.1, -0.05) is 139 Å². The molecule has 2 amide bonds. The highest BCUT2D eigenvalue weighted by atomic mass is 35.5. The molecule has 32 heteroatoms. The Kier molecular flexibility index (Phi) is 60.2. The van der Waals surface area contributed by atoms with E-state index in [4.69, 9.17) is 26.2 Å². The van der Waals surface area contributed by atoms with Crippen LogP contribution in [0.2, 0.25) is 0 Å². The molecule has 6 rings (SSSR count). The zero-order valence-corrected chi connectivity index (χ0v) is 68.1. The number of hydrogen-bond acceptors (Lipinski definition) is 8. The fourth-order valence-corrected chi connectivity index (χ4v) is 9.46. The lowest BCUT2D eigenvalue weighted by atomic mass is 9.93. The molecule has 0 spiro atoms. The molecule has 106 heavy (non-hydrogen) atoms. The molecule has 3 unspecified atom stereocenters. The quantitative estimate of drug-likeness (QED) is 0.176. The van der Waals surface area contributed by atoms with Crippen LogP contribution in [0.4, 0.5) is 97.4 Å². The van der Waals surface area contributed by atoms with E-state index >= 15 is 0 Å². The van der Waals surface area contributed by atoms with Crippen molar-refractivity contribution < 1.29 is 117 Å². The summed E-state index contributed by atoms with van der Waals surface area (Å²) in [5, 5.41) is 8.32. The van der Waals surface area contributed by atoms with Crippen LogP contribution in [0.1, 0.15) is 276 Å². The fraction of sp³-hybridized carbons (Fsp3) is 0.838. The number of halogens is 22. The highest BCUT2D eigenvalue weighted by molar-refractivity contribution is 7.09. The number of carbonyl (C=O) groups is 3. The summed E-state index contributed by atoms with van der Waals surface area (Å²) in [4.78, 5) is 41.9. The van der Waals surface area contributed by atoms with Crippen LogP contribution in [0.15, 0.2) is 41.9 Å². The first-order chi connectivity index (χ1) is 48.0. The van der Waals surface area contributed by atoms with Crippen LogP contribution in [0.25, 0.3) is 0 Å². The number of rotatable bonds is 11. The zero-order valence-electron chi connectivity index (χ0n) is 65.8. The van der Waals surface area contributed by atoms with Gasteiger partial charge in [-0.15, -0.1) is 22.9 Å². The number of aliphatic hydroxyl groups is 1. The number of benzene rings is 1. The lowest BCUT2D eigenvalue weighted by molar-refractivity contribution is -0.368. The van der Waals surface area contributed by atoms with Crippen LogP contribution in [-0.4, -0.2) is 129 Å². The van der Waals surface area contributed by atoms with Gasteiger partial charge in [0.1, 0.15) is 22.9 Å². The second-order valence-electron chi connectivity index (χ2n) is 27.9. The Morgan fingerprint density at radius 1 is 0.604 bits per heavy atom. The van der Waals surface area contributed by atoms with Gasteiger partial charge in [-0.05, 0) is 179 Å². The molecule has 632 valence electrons. The van der Waals surface area contributed by atoms with Gasteiger partial charge in [0.25, 0.3) is 5.60 Å². The van der Waals surface area contributed by atoms with E-state index in [1.54, 1.807) is 17.5 Å². The van der Waals surface area contributed by atoms with Crippen molar-refractivity contribution in [2.45, 2.75) is 332 Å². The fourth-order valence-electron chi connectivity index (χ4n) is 8.76.